The highest BCUT2D eigenvalue weighted by Gasteiger charge is 2.17. The van der Waals surface area contributed by atoms with E-state index in [0.717, 1.165) is 22.8 Å². The predicted octanol–water partition coefficient (Wildman–Crippen LogP) is 8.83. The fourth-order valence-corrected chi connectivity index (χ4v) is 5.25. The number of nitrogens with zero attached hydrogens (tertiary/aromatic N) is 1. The standard InChI is InChI=1S/C17H12.C16H11NO2/c1-2-9-15-13(5-1)11-14-8-3-6-12-7-4-10-16(15)17(12)14;18-17(19)16-11-4-3-9-15(16)14-10-5-7-12-6-1-2-8-13(12)14/h1-10H,11H2;1-11H. The summed E-state index contributed by atoms with van der Waals surface area (Å²) in [6, 6.07) is 42.6. The molecular weight excluding hydrogens is 442 g/mol. The minimum Gasteiger partial charge on any atom is -0.258 e. The Kier molecular flexibility index (Phi) is 5.51. The third kappa shape index (κ3) is 3.81. The van der Waals surface area contributed by atoms with Gasteiger partial charge in [-0.2, -0.15) is 0 Å². The van der Waals surface area contributed by atoms with E-state index in [4.69, 9.17) is 0 Å². The van der Waals surface area contributed by atoms with Gasteiger partial charge in [0.25, 0.3) is 5.69 Å². The predicted molar refractivity (Wildman–Crippen MR) is 148 cm³/mol. The lowest BCUT2D eigenvalue weighted by Gasteiger charge is -2.20. The molecule has 0 aliphatic heterocycles. The number of nitro groups is 1. The van der Waals surface area contributed by atoms with Crippen molar-refractivity contribution in [2.24, 2.45) is 0 Å². The highest BCUT2D eigenvalue weighted by Crippen LogP contribution is 2.39. The third-order valence-electron chi connectivity index (χ3n) is 6.86. The molecule has 0 amide bonds. The van der Waals surface area contributed by atoms with E-state index in [9.17, 15) is 10.1 Å². The van der Waals surface area contributed by atoms with E-state index in [2.05, 4.69) is 60.7 Å². The molecule has 3 nitrogen and oxygen atoms in total. The molecule has 0 saturated heterocycles. The fourth-order valence-electron chi connectivity index (χ4n) is 5.25. The molecule has 6 aromatic carbocycles. The zero-order valence-corrected chi connectivity index (χ0v) is 19.6. The third-order valence-corrected chi connectivity index (χ3v) is 6.86. The Bertz CT molecular complexity index is 1740. The second-order valence-corrected chi connectivity index (χ2v) is 8.96. The van der Waals surface area contributed by atoms with Crippen LogP contribution >= 0.6 is 0 Å². The van der Waals surface area contributed by atoms with Gasteiger partial charge in [-0.25, -0.2) is 0 Å². The second kappa shape index (κ2) is 9.12. The van der Waals surface area contributed by atoms with Crippen molar-refractivity contribution < 1.29 is 4.92 Å². The molecule has 6 aromatic rings. The van der Waals surface area contributed by atoms with Gasteiger partial charge < -0.3 is 0 Å². The topological polar surface area (TPSA) is 43.1 Å². The first-order valence-corrected chi connectivity index (χ1v) is 12.0. The van der Waals surface area contributed by atoms with Gasteiger partial charge in [0.05, 0.1) is 10.5 Å². The number of hydrogen-bond donors (Lipinski definition) is 0. The minimum absolute atomic E-state index is 0.138. The molecule has 0 atom stereocenters. The number of para-hydroxylation sites is 1. The Labute approximate surface area is 209 Å². The van der Waals surface area contributed by atoms with E-state index < -0.39 is 0 Å². The summed E-state index contributed by atoms with van der Waals surface area (Å²) in [5, 5.41) is 16.0. The summed E-state index contributed by atoms with van der Waals surface area (Å²) in [5.41, 5.74) is 7.38. The van der Waals surface area contributed by atoms with Crippen molar-refractivity contribution in [2.75, 3.05) is 0 Å². The first kappa shape index (κ1) is 21.8. The number of fused-ring (bicyclic) bond motifs is 3. The molecule has 1 aliphatic rings. The summed E-state index contributed by atoms with van der Waals surface area (Å²) in [4.78, 5) is 10.8. The quantitative estimate of drug-likeness (QED) is 0.189. The van der Waals surface area contributed by atoms with E-state index in [1.54, 1.807) is 12.1 Å². The Morgan fingerprint density at radius 3 is 1.89 bits per heavy atom. The van der Waals surface area contributed by atoms with Crippen molar-refractivity contribution in [1.29, 1.82) is 0 Å². The molecule has 0 unspecified atom stereocenters. The highest BCUT2D eigenvalue weighted by molar-refractivity contribution is 6.02. The average Bonchev–Trinajstić information content (AvgIpc) is 2.93. The van der Waals surface area contributed by atoms with Gasteiger partial charge in [0, 0.05) is 6.07 Å². The summed E-state index contributed by atoms with van der Waals surface area (Å²) in [7, 11) is 0. The van der Waals surface area contributed by atoms with Crippen LogP contribution in [0.4, 0.5) is 5.69 Å². The zero-order valence-electron chi connectivity index (χ0n) is 19.6. The maximum absolute atomic E-state index is 11.1. The summed E-state index contributed by atoms with van der Waals surface area (Å²) >= 11 is 0. The van der Waals surface area contributed by atoms with Crippen LogP contribution in [0.15, 0.2) is 127 Å². The number of hydrogen-bond acceptors (Lipinski definition) is 2. The van der Waals surface area contributed by atoms with E-state index in [1.165, 1.54) is 39.1 Å². The van der Waals surface area contributed by atoms with Crippen LogP contribution in [0.1, 0.15) is 11.1 Å². The summed E-state index contributed by atoms with van der Waals surface area (Å²) in [6.07, 6.45) is 1.06. The van der Waals surface area contributed by atoms with Gasteiger partial charge in [-0.15, -0.1) is 0 Å². The zero-order chi connectivity index (χ0) is 24.5. The summed E-state index contributed by atoms with van der Waals surface area (Å²) in [5.74, 6) is 0. The largest absolute Gasteiger partial charge is 0.277 e. The maximum atomic E-state index is 11.1. The Hall–Kier alpha value is -4.76. The Balaban J connectivity index is 0.000000134. The Morgan fingerprint density at radius 2 is 1.06 bits per heavy atom. The fraction of sp³-hybridized carbons (Fsp3) is 0.0303. The number of rotatable bonds is 2. The molecule has 172 valence electrons. The Morgan fingerprint density at radius 1 is 0.500 bits per heavy atom. The van der Waals surface area contributed by atoms with Crippen molar-refractivity contribution in [2.45, 2.75) is 6.42 Å². The number of benzene rings is 6. The molecule has 1 aliphatic carbocycles. The van der Waals surface area contributed by atoms with Crippen LogP contribution in [-0.4, -0.2) is 4.92 Å². The molecule has 0 fully saturated rings. The SMILES string of the molecule is O=[N+]([O-])c1ccccc1-c1cccc2ccccc12.c1ccc2c(c1)Cc1cccc3cccc-2c13. The highest BCUT2D eigenvalue weighted by atomic mass is 16.6. The van der Waals surface area contributed by atoms with E-state index in [1.807, 2.05) is 48.5 Å². The van der Waals surface area contributed by atoms with Gasteiger partial charge in [0.15, 0.2) is 0 Å². The summed E-state index contributed by atoms with van der Waals surface area (Å²) in [6.45, 7) is 0. The van der Waals surface area contributed by atoms with Crippen molar-refractivity contribution in [3.8, 4) is 22.3 Å². The lowest BCUT2D eigenvalue weighted by molar-refractivity contribution is -0.384. The molecule has 0 radical (unpaired) electrons. The first-order chi connectivity index (χ1) is 17.7. The van der Waals surface area contributed by atoms with Crippen LogP contribution in [0.3, 0.4) is 0 Å². The van der Waals surface area contributed by atoms with Gasteiger partial charge >= 0.3 is 0 Å². The molecular formula is C33H23NO2. The molecule has 36 heavy (non-hydrogen) atoms. The average molecular weight is 466 g/mol. The van der Waals surface area contributed by atoms with Crippen LogP contribution in [0.5, 0.6) is 0 Å². The molecule has 0 heterocycles. The van der Waals surface area contributed by atoms with Crippen LogP contribution in [-0.2, 0) is 6.42 Å². The maximum Gasteiger partial charge on any atom is 0.277 e. The van der Waals surface area contributed by atoms with Crippen LogP contribution in [0.25, 0.3) is 43.8 Å². The lowest BCUT2D eigenvalue weighted by atomic mass is 9.84. The van der Waals surface area contributed by atoms with Gasteiger partial charge in [-0.1, -0.05) is 115 Å². The van der Waals surface area contributed by atoms with Gasteiger partial charge in [0.2, 0.25) is 0 Å². The minimum atomic E-state index is -0.336. The normalized spacial score (nSPS) is 11.4. The molecule has 0 N–H and O–H groups in total. The van der Waals surface area contributed by atoms with Crippen LogP contribution in [0, 0.1) is 10.1 Å². The van der Waals surface area contributed by atoms with Gasteiger partial charge in [-0.3, -0.25) is 10.1 Å². The van der Waals surface area contributed by atoms with E-state index in [-0.39, 0.29) is 10.6 Å². The van der Waals surface area contributed by atoms with E-state index in [0.29, 0.717) is 5.56 Å². The molecule has 0 saturated carbocycles. The smallest absolute Gasteiger partial charge is 0.258 e. The molecule has 0 spiro atoms. The van der Waals surface area contributed by atoms with E-state index >= 15 is 0 Å². The van der Waals surface area contributed by atoms with Gasteiger partial charge in [0.1, 0.15) is 0 Å². The van der Waals surface area contributed by atoms with Crippen LogP contribution in [0.2, 0.25) is 0 Å². The van der Waals surface area contributed by atoms with Crippen molar-refractivity contribution >= 4 is 27.2 Å². The summed E-state index contributed by atoms with van der Waals surface area (Å²) < 4.78 is 0. The lowest BCUT2D eigenvalue weighted by Crippen LogP contribution is -2.00. The van der Waals surface area contributed by atoms with Crippen molar-refractivity contribution in [3.05, 3.63) is 149 Å². The van der Waals surface area contributed by atoms with Crippen LogP contribution < -0.4 is 0 Å². The van der Waals surface area contributed by atoms with Gasteiger partial charge in [-0.05, 0) is 61.8 Å². The number of nitro benzene ring substituents is 1. The monoisotopic (exact) mass is 465 g/mol. The second-order valence-electron chi connectivity index (χ2n) is 8.96. The molecule has 3 heteroatoms. The van der Waals surface area contributed by atoms with Crippen molar-refractivity contribution in [3.63, 3.8) is 0 Å². The first-order valence-electron chi connectivity index (χ1n) is 12.0. The molecule has 0 aromatic heterocycles. The van der Waals surface area contributed by atoms with Crippen molar-refractivity contribution in [1.82, 2.24) is 0 Å². The molecule has 7 rings (SSSR count). The molecule has 0 bridgehead atoms.